The first-order chi connectivity index (χ1) is 10.1. The lowest BCUT2D eigenvalue weighted by Crippen LogP contribution is -2.36. The Morgan fingerprint density at radius 1 is 1.33 bits per heavy atom. The van der Waals surface area contributed by atoms with Crippen LogP contribution in [0.25, 0.3) is 0 Å². The molecule has 1 heterocycles. The maximum atomic E-state index is 10.9. The Morgan fingerprint density at radius 3 is 2.90 bits per heavy atom. The number of methoxy groups -OCH3 is 1. The number of hydrogen-bond donors (Lipinski definition) is 1. The van der Waals surface area contributed by atoms with Crippen molar-refractivity contribution < 1.29 is 9.84 Å². The third-order valence-electron chi connectivity index (χ3n) is 4.56. The molecule has 112 valence electrons. The molecule has 1 N–H and O–H groups in total. The van der Waals surface area contributed by atoms with Gasteiger partial charge in [-0.2, -0.15) is 5.10 Å². The van der Waals surface area contributed by atoms with Crippen molar-refractivity contribution in [1.82, 2.24) is 9.78 Å². The molecule has 2 aromatic rings. The number of nitrogens with zero attached hydrogens (tertiary/aromatic N) is 2. The molecule has 21 heavy (non-hydrogen) atoms. The molecule has 0 saturated carbocycles. The molecule has 0 fully saturated rings. The number of aromatic nitrogens is 2. The topological polar surface area (TPSA) is 47.3 Å². The van der Waals surface area contributed by atoms with Crippen LogP contribution >= 0.6 is 0 Å². The highest BCUT2D eigenvalue weighted by atomic mass is 16.5. The monoisotopic (exact) mass is 286 g/mol. The van der Waals surface area contributed by atoms with Crippen molar-refractivity contribution in [2.75, 3.05) is 7.11 Å². The summed E-state index contributed by atoms with van der Waals surface area (Å²) in [4.78, 5) is 0. The first-order valence-corrected chi connectivity index (χ1v) is 7.45. The van der Waals surface area contributed by atoms with Crippen LogP contribution in [0, 0.1) is 0 Å². The van der Waals surface area contributed by atoms with Crippen molar-refractivity contribution in [3.05, 3.63) is 47.3 Å². The Morgan fingerprint density at radius 2 is 2.19 bits per heavy atom. The van der Waals surface area contributed by atoms with Crippen LogP contribution in [0.1, 0.15) is 29.7 Å². The molecule has 0 bridgehead atoms. The highest BCUT2D eigenvalue weighted by molar-refractivity contribution is 5.38. The second-order valence-corrected chi connectivity index (χ2v) is 5.98. The van der Waals surface area contributed by atoms with E-state index < -0.39 is 5.60 Å². The number of benzene rings is 1. The molecule has 1 aliphatic rings. The van der Waals surface area contributed by atoms with Crippen LogP contribution in [0.4, 0.5) is 0 Å². The van der Waals surface area contributed by atoms with E-state index in [0.717, 1.165) is 31.4 Å². The molecule has 0 saturated heterocycles. The molecule has 0 amide bonds. The summed E-state index contributed by atoms with van der Waals surface area (Å²) in [5, 5.41) is 15.1. The minimum atomic E-state index is -0.621. The number of fused-ring (bicyclic) bond motifs is 1. The molecule has 3 rings (SSSR count). The summed E-state index contributed by atoms with van der Waals surface area (Å²) in [6, 6.07) is 8.19. The zero-order valence-electron chi connectivity index (χ0n) is 12.7. The maximum absolute atomic E-state index is 10.9. The summed E-state index contributed by atoms with van der Waals surface area (Å²) in [7, 11) is 3.62. The lowest BCUT2D eigenvalue weighted by molar-refractivity contribution is 0.0177. The second kappa shape index (κ2) is 5.53. The molecule has 1 aliphatic carbocycles. The normalized spacial score (nSPS) is 21.1. The van der Waals surface area contributed by atoms with E-state index in [1.807, 2.05) is 23.9 Å². The first kappa shape index (κ1) is 14.1. The van der Waals surface area contributed by atoms with Gasteiger partial charge in [0.15, 0.2) is 0 Å². The SMILES string of the molecule is COc1ccc2c(c1)CC(O)(CCc1ccnn1C)CC2. The fraction of sp³-hybridized carbons (Fsp3) is 0.471. The lowest BCUT2D eigenvalue weighted by Gasteiger charge is -2.33. The van der Waals surface area contributed by atoms with Gasteiger partial charge in [-0.15, -0.1) is 0 Å². The van der Waals surface area contributed by atoms with Crippen molar-refractivity contribution in [2.24, 2.45) is 7.05 Å². The van der Waals surface area contributed by atoms with Gasteiger partial charge in [0.1, 0.15) is 5.75 Å². The summed E-state index contributed by atoms with van der Waals surface area (Å²) in [5.74, 6) is 0.865. The van der Waals surface area contributed by atoms with E-state index in [1.165, 1.54) is 16.8 Å². The van der Waals surface area contributed by atoms with E-state index in [9.17, 15) is 5.11 Å². The summed E-state index contributed by atoms with van der Waals surface area (Å²) < 4.78 is 7.17. The quantitative estimate of drug-likeness (QED) is 0.938. The molecule has 1 atom stereocenters. The van der Waals surface area contributed by atoms with Gasteiger partial charge in [0.25, 0.3) is 0 Å². The highest BCUT2D eigenvalue weighted by Gasteiger charge is 2.32. The Hall–Kier alpha value is -1.81. The molecule has 0 spiro atoms. The first-order valence-electron chi connectivity index (χ1n) is 7.45. The van der Waals surface area contributed by atoms with Crippen LogP contribution in [0.15, 0.2) is 30.5 Å². The minimum absolute atomic E-state index is 0.621. The van der Waals surface area contributed by atoms with E-state index in [4.69, 9.17) is 4.74 Å². The molecule has 1 aromatic heterocycles. The molecule has 0 radical (unpaired) electrons. The summed E-state index contributed by atoms with van der Waals surface area (Å²) in [6.07, 6.45) is 5.89. The number of ether oxygens (including phenoxy) is 1. The fourth-order valence-corrected chi connectivity index (χ4v) is 3.17. The summed E-state index contributed by atoms with van der Waals surface area (Å²) in [6.45, 7) is 0. The van der Waals surface area contributed by atoms with Gasteiger partial charge < -0.3 is 9.84 Å². The van der Waals surface area contributed by atoms with Crippen molar-refractivity contribution in [1.29, 1.82) is 0 Å². The van der Waals surface area contributed by atoms with Crippen LogP contribution in [0.2, 0.25) is 0 Å². The van der Waals surface area contributed by atoms with Crippen LogP contribution in [0.3, 0.4) is 0 Å². The molecular weight excluding hydrogens is 264 g/mol. The predicted molar refractivity (Wildman–Crippen MR) is 81.5 cm³/mol. The van der Waals surface area contributed by atoms with Gasteiger partial charge in [-0.1, -0.05) is 6.07 Å². The van der Waals surface area contributed by atoms with Crippen LogP contribution in [-0.2, 0) is 26.3 Å². The van der Waals surface area contributed by atoms with Crippen molar-refractivity contribution >= 4 is 0 Å². The highest BCUT2D eigenvalue weighted by Crippen LogP contribution is 2.33. The van der Waals surface area contributed by atoms with Gasteiger partial charge in [-0.05, 0) is 55.0 Å². The molecule has 4 heteroatoms. The largest absolute Gasteiger partial charge is 0.497 e. The average Bonchev–Trinajstić information content (AvgIpc) is 2.90. The van der Waals surface area contributed by atoms with Crippen molar-refractivity contribution in [3.8, 4) is 5.75 Å². The third-order valence-corrected chi connectivity index (χ3v) is 4.56. The molecule has 1 unspecified atom stereocenters. The van der Waals surface area contributed by atoms with Crippen LogP contribution < -0.4 is 4.74 Å². The van der Waals surface area contributed by atoms with E-state index in [2.05, 4.69) is 17.2 Å². The van der Waals surface area contributed by atoms with Gasteiger partial charge in [0, 0.05) is 25.4 Å². The zero-order chi connectivity index (χ0) is 14.9. The van der Waals surface area contributed by atoms with Gasteiger partial charge in [0.2, 0.25) is 0 Å². The van der Waals surface area contributed by atoms with Gasteiger partial charge in [-0.25, -0.2) is 0 Å². The maximum Gasteiger partial charge on any atom is 0.119 e. The Balaban J connectivity index is 1.72. The van der Waals surface area contributed by atoms with Gasteiger partial charge in [0.05, 0.1) is 12.7 Å². The van der Waals surface area contributed by atoms with E-state index in [-0.39, 0.29) is 0 Å². The second-order valence-electron chi connectivity index (χ2n) is 5.98. The van der Waals surface area contributed by atoms with E-state index in [1.54, 1.807) is 13.3 Å². The predicted octanol–water partition coefficient (Wildman–Crippen LogP) is 2.28. The Kier molecular flexibility index (Phi) is 3.72. The number of rotatable bonds is 4. The van der Waals surface area contributed by atoms with Gasteiger partial charge in [-0.3, -0.25) is 4.68 Å². The van der Waals surface area contributed by atoms with E-state index in [0.29, 0.717) is 6.42 Å². The Bertz CT molecular complexity index is 635. The molecular formula is C17H22N2O2. The minimum Gasteiger partial charge on any atom is -0.497 e. The number of aliphatic hydroxyl groups is 1. The Labute approximate surface area is 125 Å². The van der Waals surface area contributed by atoms with Crippen molar-refractivity contribution in [2.45, 2.75) is 37.7 Å². The molecule has 0 aliphatic heterocycles. The van der Waals surface area contributed by atoms with Crippen molar-refractivity contribution in [3.63, 3.8) is 0 Å². The smallest absolute Gasteiger partial charge is 0.119 e. The summed E-state index contributed by atoms with van der Waals surface area (Å²) >= 11 is 0. The lowest BCUT2D eigenvalue weighted by atomic mass is 9.78. The average molecular weight is 286 g/mol. The number of hydrogen-bond acceptors (Lipinski definition) is 3. The van der Waals surface area contributed by atoms with Crippen LogP contribution in [-0.4, -0.2) is 27.6 Å². The number of aryl methyl sites for hydroxylation is 3. The molecule has 4 nitrogen and oxygen atoms in total. The third kappa shape index (κ3) is 2.95. The fourth-order valence-electron chi connectivity index (χ4n) is 3.17. The standard InChI is InChI=1S/C17H22N2O2/c1-19-15(7-10-18-19)6-9-17(20)8-5-13-3-4-16(21-2)11-14(13)12-17/h3-4,7,10-11,20H,5-6,8-9,12H2,1-2H3. The van der Waals surface area contributed by atoms with Gasteiger partial charge >= 0.3 is 0 Å². The zero-order valence-corrected chi connectivity index (χ0v) is 12.7. The summed E-state index contributed by atoms with van der Waals surface area (Å²) in [5.41, 5.74) is 3.10. The van der Waals surface area contributed by atoms with E-state index >= 15 is 0 Å². The molecule has 1 aromatic carbocycles. The van der Waals surface area contributed by atoms with Crippen LogP contribution in [0.5, 0.6) is 5.75 Å².